The fourth-order valence-corrected chi connectivity index (χ4v) is 1.10. The molecule has 3 heteroatoms. The molecule has 0 aliphatic carbocycles. The normalized spacial score (nSPS) is 9.71. The first-order chi connectivity index (χ1) is 6.84. The van der Waals surface area contributed by atoms with Gasteiger partial charge in [-0.25, -0.2) is 0 Å². The zero-order valence-electron chi connectivity index (χ0n) is 7.55. The molecule has 0 atom stereocenters. The average molecular weight is 186 g/mol. The largest absolute Gasteiger partial charge is 0.439 e. The van der Waals surface area contributed by atoms with E-state index in [4.69, 9.17) is 10.5 Å². The molecule has 3 nitrogen and oxygen atoms in total. The second-order valence-electron chi connectivity index (χ2n) is 2.82. The Labute approximate surface area is 82.2 Å². The number of hydrogen-bond donors (Lipinski definition) is 1. The van der Waals surface area contributed by atoms with E-state index in [1.807, 2.05) is 30.3 Å². The Kier molecular flexibility index (Phi) is 2.32. The third-order valence-electron chi connectivity index (χ3n) is 1.71. The first kappa shape index (κ1) is 8.56. The summed E-state index contributed by atoms with van der Waals surface area (Å²) in [5.41, 5.74) is 5.52. The van der Waals surface area contributed by atoms with Crippen LogP contribution >= 0.6 is 0 Å². The van der Waals surface area contributed by atoms with Gasteiger partial charge in [0.2, 0.25) is 5.88 Å². The number of aromatic nitrogens is 1. The van der Waals surface area contributed by atoms with Crippen LogP contribution in [0.15, 0.2) is 48.5 Å². The lowest BCUT2D eigenvalue weighted by atomic mass is 10.3. The Hall–Kier alpha value is -2.03. The van der Waals surface area contributed by atoms with Gasteiger partial charge in [-0.3, -0.25) is 0 Å². The Morgan fingerprint density at radius 1 is 0.929 bits per heavy atom. The molecule has 0 fully saturated rings. The predicted octanol–water partition coefficient (Wildman–Crippen LogP) is 2.46. The van der Waals surface area contributed by atoms with Gasteiger partial charge in [-0.1, -0.05) is 24.3 Å². The molecule has 0 spiro atoms. The van der Waals surface area contributed by atoms with Crippen LogP contribution in [0.3, 0.4) is 0 Å². The molecule has 0 saturated heterocycles. The number of nitrogen functional groups attached to an aromatic ring is 1. The van der Waals surface area contributed by atoms with Crippen LogP contribution in [0.4, 0.5) is 5.82 Å². The van der Waals surface area contributed by atoms with Crippen LogP contribution in [0.1, 0.15) is 0 Å². The molecule has 0 amide bonds. The van der Waals surface area contributed by atoms with E-state index in [0.717, 1.165) is 5.75 Å². The van der Waals surface area contributed by atoms with Gasteiger partial charge in [-0.05, 0) is 18.2 Å². The topological polar surface area (TPSA) is 48.1 Å². The van der Waals surface area contributed by atoms with Gasteiger partial charge in [0, 0.05) is 6.07 Å². The van der Waals surface area contributed by atoms with Gasteiger partial charge in [-0.2, -0.15) is 4.98 Å². The van der Waals surface area contributed by atoms with Crippen LogP contribution < -0.4 is 10.5 Å². The predicted molar refractivity (Wildman–Crippen MR) is 55.2 cm³/mol. The SMILES string of the molecule is Nc1cccc(Oc2ccccc2)n1. The minimum Gasteiger partial charge on any atom is -0.439 e. The molecule has 0 unspecified atom stereocenters. The van der Waals surface area contributed by atoms with Gasteiger partial charge in [-0.15, -0.1) is 0 Å². The van der Waals surface area contributed by atoms with Gasteiger partial charge >= 0.3 is 0 Å². The molecule has 0 aliphatic rings. The average Bonchev–Trinajstić information content (AvgIpc) is 2.19. The monoisotopic (exact) mass is 186 g/mol. The number of para-hydroxylation sites is 1. The summed E-state index contributed by atoms with van der Waals surface area (Å²) in [4.78, 5) is 4.02. The fourth-order valence-electron chi connectivity index (χ4n) is 1.10. The zero-order valence-corrected chi connectivity index (χ0v) is 7.55. The number of nitrogens with zero attached hydrogens (tertiary/aromatic N) is 1. The molecule has 1 aromatic carbocycles. The molecular weight excluding hydrogens is 176 g/mol. The Bertz CT molecular complexity index is 415. The van der Waals surface area contributed by atoms with Crippen LogP contribution in [-0.2, 0) is 0 Å². The van der Waals surface area contributed by atoms with Gasteiger partial charge < -0.3 is 10.5 Å². The molecular formula is C11H10N2O. The highest BCUT2D eigenvalue weighted by molar-refractivity contribution is 5.33. The van der Waals surface area contributed by atoms with Crippen molar-refractivity contribution < 1.29 is 4.74 Å². The molecule has 2 rings (SSSR count). The van der Waals surface area contributed by atoms with Crippen molar-refractivity contribution in [1.82, 2.24) is 4.98 Å². The quantitative estimate of drug-likeness (QED) is 0.783. The van der Waals surface area contributed by atoms with Crippen molar-refractivity contribution in [3.63, 3.8) is 0 Å². The van der Waals surface area contributed by atoms with Crippen molar-refractivity contribution in [3.05, 3.63) is 48.5 Å². The molecule has 0 aliphatic heterocycles. The highest BCUT2D eigenvalue weighted by Crippen LogP contribution is 2.18. The summed E-state index contributed by atoms with van der Waals surface area (Å²) in [6.07, 6.45) is 0. The molecule has 0 saturated carbocycles. The van der Waals surface area contributed by atoms with Crippen LogP contribution in [-0.4, -0.2) is 4.98 Å². The Morgan fingerprint density at radius 2 is 1.71 bits per heavy atom. The molecule has 1 aromatic heterocycles. The zero-order chi connectivity index (χ0) is 9.80. The van der Waals surface area contributed by atoms with Crippen molar-refractivity contribution in [2.24, 2.45) is 0 Å². The van der Waals surface area contributed by atoms with Crippen LogP contribution in [0, 0.1) is 0 Å². The number of ether oxygens (including phenoxy) is 1. The summed E-state index contributed by atoms with van der Waals surface area (Å²) in [5, 5.41) is 0. The molecule has 0 bridgehead atoms. The molecule has 2 N–H and O–H groups in total. The van der Waals surface area contributed by atoms with E-state index in [2.05, 4.69) is 4.98 Å². The third-order valence-corrected chi connectivity index (χ3v) is 1.71. The lowest BCUT2D eigenvalue weighted by Crippen LogP contribution is -1.92. The summed E-state index contributed by atoms with van der Waals surface area (Å²) in [5.74, 6) is 1.72. The number of rotatable bonds is 2. The van der Waals surface area contributed by atoms with E-state index in [1.165, 1.54) is 0 Å². The minimum absolute atomic E-state index is 0.457. The molecule has 0 radical (unpaired) electrons. The van der Waals surface area contributed by atoms with Crippen LogP contribution in [0.2, 0.25) is 0 Å². The smallest absolute Gasteiger partial charge is 0.221 e. The summed E-state index contributed by atoms with van der Waals surface area (Å²) >= 11 is 0. The third kappa shape index (κ3) is 2.01. The van der Waals surface area contributed by atoms with Crippen molar-refractivity contribution in [2.75, 3.05) is 5.73 Å². The van der Waals surface area contributed by atoms with Gasteiger partial charge in [0.05, 0.1) is 0 Å². The number of nitrogens with two attached hydrogens (primary N) is 1. The van der Waals surface area contributed by atoms with Crippen molar-refractivity contribution in [2.45, 2.75) is 0 Å². The van der Waals surface area contributed by atoms with E-state index >= 15 is 0 Å². The lowest BCUT2D eigenvalue weighted by Gasteiger charge is -2.03. The maximum atomic E-state index is 5.52. The van der Waals surface area contributed by atoms with Crippen molar-refractivity contribution in [1.29, 1.82) is 0 Å². The molecule has 70 valence electrons. The molecule has 2 aromatic rings. The van der Waals surface area contributed by atoms with E-state index in [9.17, 15) is 0 Å². The van der Waals surface area contributed by atoms with E-state index in [0.29, 0.717) is 11.7 Å². The molecule has 14 heavy (non-hydrogen) atoms. The molecule has 1 heterocycles. The van der Waals surface area contributed by atoms with E-state index in [-0.39, 0.29) is 0 Å². The van der Waals surface area contributed by atoms with Gasteiger partial charge in [0.15, 0.2) is 0 Å². The lowest BCUT2D eigenvalue weighted by molar-refractivity contribution is 0.464. The Balaban J connectivity index is 2.19. The maximum absolute atomic E-state index is 5.52. The second-order valence-corrected chi connectivity index (χ2v) is 2.82. The summed E-state index contributed by atoms with van der Waals surface area (Å²) in [7, 11) is 0. The summed E-state index contributed by atoms with van der Waals surface area (Å²) in [6, 6.07) is 14.8. The fraction of sp³-hybridized carbons (Fsp3) is 0. The first-order valence-electron chi connectivity index (χ1n) is 4.30. The first-order valence-corrected chi connectivity index (χ1v) is 4.30. The summed E-state index contributed by atoms with van der Waals surface area (Å²) < 4.78 is 5.47. The van der Waals surface area contributed by atoms with E-state index < -0.39 is 0 Å². The number of pyridine rings is 1. The number of anilines is 1. The van der Waals surface area contributed by atoms with Gasteiger partial charge in [0.25, 0.3) is 0 Å². The second kappa shape index (κ2) is 3.79. The standard InChI is InChI=1S/C11H10N2O/c12-10-7-4-8-11(13-10)14-9-5-2-1-3-6-9/h1-8H,(H2,12,13). The van der Waals surface area contributed by atoms with Crippen molar-refractivity contribution >= 4 is 5.82 Å². The Morgan fingerprint density at radius 3 is 2.43 bits per heavy atom. The van der Waals surface area contributed by atoms with Crippen LogP contribution in [0.25, 0.3) is 0 Å². The number of benzene rings is 1. The summed E-state index contributed by atoms with van der Waals surface area (Å²) in [6.45, 7) is 0. The maximum Gasteiger partial charge on any atom is 0.221 e. The van der Waals surface area contributed by atoms with Crippen LogP contribution in [0.5, 0.6) is 11.6 Å². The van der Waals surface area contributed by atoms with E-state index in [1.54, 1.807) is 18.2 Å². The van der Waals surface area contributed by atoms with Gasteiger partial charge in [0.1, 0.15) is 11.6 Å². The van der Waals surface area contributed by atoms with Crippen molar-refractivity contribution in [3.8, 4) is 11.6 Å². The highest BCUT2D eigenvalue weighted by atomic mass is 16.5. The number of hydrogen-bond acceptors (Lipinski definition) is 3. The highest BCUT2D eigenvalue weighted by Gasteiger charge is 1.96. The minimum atomic E-state index is 0.457.